The van der Waals surface area contributed by atoms with Gasteiger partial charge in [-0.25, -0.2) is 0 Å². The number of ether oxygens (including phenoxy) is 1. The lowest BCUT2D eigenvalue weighted by Gasteiger charge is -2.15. The summed E-state index contributed by atoms with van der Waals surface area (Å²) in [5.41, 5.74) is 3.33. The Morgan fingerprint density at radius 2 is 2.00 bits per heavy atom. The Morgan fingerprint density at radius 1 is 1.21 bits per heavy atom. The van der Waals surface area contributed by atoms with Crippen molar-refractivity contribution in [1.29, 1.82) is 0 Å². The van der Waals surface area contributed by atoms with Gasteiger partial charge in [0.25, 0.3) is 0 Å². The molecule has 0 radical (unpaired) electrons. The molecule has 0 spiro atoms. The van der Waals surface area contributed by atoms with Crippen LogP contribution in [-0.4, -0.2) is 12.1 Å². The van der Waals surface area contributed by atoms with Gasteiger partial charge in [-0.15, -0.1) is 0 Å². The van der Waals surface area contributed by atoms with Gasteiger partial charge in [0.1, 0.15) is 5.75 Å². The van der Waals surface area contributed by atoms with Crippen molar-refractivity contribution in [2.24, 2.45) is 0 Å². The third-order valence-electron chi connectivity index (χ3n) is 3.13. The topological polar surface area (TPSA) is 34.1 Å². The minimum absolute atomic E-state index is 0.261. The summed E-state index contributed by atoms with van der Waals surface area (Å²) in [6.07, 6.45) is 0. The number of nitrogens with one attached hydrogen (secondary N) is 1. The molecule has 1 atom stereocenters. The van der Waals surface area contributed by atoms with Crippen LogP contribution in [-0.2, 0) is 6.54 Å². The van der Waals surface area contributed by atoms with Crippen molar-refractivity contribution in [3.63, 3.8) is 0 Å². The predicted molar refractivity (Wildman–Crippen MR) is 77.2 cm³/mol. The molecule has 3 nitrogen and oxygen atoms in total. The number of hydrogen-bond acceptors (Lipinski definition) is 3. The Labute approximate surface area is 114 Å². The van der Waals surface area contributed by atoms with E-state index in [1.807, 2.05) is 37.3 Å². The molecule has 0 aliphatic carbocycles. The molecule has 1 N–H and O–H groups in total. The first-order chi connectivity index (χ1) is 9.19. The normalized spacial score (nSPS) is 12.2. The van der Waals surface area contributed by atoms with E-state index in [4.69, 9.17) is 4.74 Å². The molecule has 100 valence electrons. The lowest BCUT2D eigenvalue weighted by Crippen LogP contribution is -2.18. The molecule has 0 aliphatic heterocycles. The Kier molecular flexibility index (Phi) is 4.53. The third kappa shape index (κ3) is 3.80. The monoisotopic (exact) mass is 256 g/mol. The van der Waals surface area contributed by atoms with Crippen LogP contribution in [0.5, 0.6) is 5.75 Å². The average Bonchev–Trinajstić information content (AvgIpc) is 2.45. The highest BCUT2D eigenvalue weighted by Gasteiger charge is 2.06. The van der Waals surface area contributed by atoms with E-state index in [9.17, 15) is 0 Å². The largest absolute Gasteiger partial charge is 0.497 e. The zero-order valence-corrected chi connectivity index (χ0v) is 11.7. The molecule has 0 saturated carbocycles. The highest BCUT2D eigenvalue weighted by Crippen LogP contribution is 2.18. The zero-order chi connectivity index (χ0) is 13.7. The van der Waals surface area contributed by atoms with Crippen molar-refractivity contribution < 1.29 is 4.74 Å². The van der Waals surface area contributed by atoms with E-state index in [2.05, 4.69) is 29.4 Å². The Bertz CT molecular complexity index is 540. The second kappa shape index (κ2) is 6.34. The molecule has 0 saturated heterocycles. The molecule has 3 heteroatoms. The first-order valence-corrected chi connectivity index (χ1v) is 6.49. The molecule has 0 fully saturated rings. The molecule has 0 unspecified atom stereocenters. The van der Waals surface area contributed by atoms with Crippen LogP contribution in [0.2, 0.25) is 0 Å². The van der Waals surface area contributed by atoms with E-state index in [0.717, 1.165) is 23.7 Å². The molecular weight excluding hydrogens is 236 g/mol. The van der Waals surface area contributed by atoms with Gasteiger partial charge in [-0.05, 0) is 43.7 Å². The summed E-state index contributed by atoms with van der Waals surface area (Å²) in [6, 6.07) is 14.5. The molecule has 1 heterocycles. The van der Waals surface area contributed by atoms with Crippen molar-refractivity contribution in [2.75, 3.05) is 7.11 Å². The van der Waals surface area contributed by atoms with Crippen LogP contribution in [0.3, 0.4) is 0 Å². The summed E-state index contributed by atoms with van der Waals surface area (Å²) < 4.78 is 5.24. The van der Waals surface area contributed by atoms with Crippen molar-refractivity contribution in [1.82, 2.24) is 10.3 Å². The van der Waals surface area contributed by atoms with Gasteiger partial charge in [0.2, 0.25) is 0 Å². The molecule has 1 aromatic carbocycles. The van der Waals surface area contributed by atoms with Gasteiger partial charge in [0.05, 0.1) is 12.8 Å². The maximum Gasteiger partial charge on any atom is 0.119 e. The number of hydrogen-bond donors (Lipinski definition) is 1. The lowest BCUT2D eigenvalue weighted by molar-refractivity contribution is 0.413. The highest BCUT2D eigenvalue weighted by molar-refractivity contribution is 5.30. The Morgan fingerprint density at radius 3 is 2.74 bits per heavy atom. The minimum atomic E-state index is 0.261. The molecule has 1 aromatic heterocycles. The molecule has 0 aliphatic rings. The maximum absolute atomic E-state index is 5.24. The number of benzene rings is 1. The van der Waals surface area contributed by atoms with Crippen LogP contribution in [0.4, 0.5) is 0 Å². The summed E-state index contributed by atoms with van der Waals surface area (Å²) in [5.74, 6) is 0.889. The van der Waals surface area contributed by atoms with Crippen LogP contribution in [0.25, 0.3) is 0 Å². The fourth-order valence-corrected chi connectivity index (χ4v) is 1.98. The second-order valence-corrected chi connectivity index (χ2v) is 4.65. The van der Waals surface area contributed by atoms with Crippen LogP contribution >= 0.6 is 0 Å². The number of aromatic nitrogens is 1. The Balaban J connectivity index is 1.99. The van der Waals surface area contributed by atoms with Crippen molar-refractivity contribution in [3.8, 4) is 5.75 Å². The summed E-state index contributed by atoms with van der Waals surface area (Å²) >= 11 is 0. The molecule has 0 amide bonds. The highest BCUT2D eigenvalue weighted by atomic mass is 16.5. The van der Waals surface area contributed by atoms with Gasteiger partial charge >= 0.3 is 0 Å². The van der Waals surface area contributed by atoms with Gasteiger partial charge < -0.3 is 10.1 Å². The summed E-state index contributed by atoms with van der Waals surface area (Å²) in [6.45, 7) is 4.92. The van der Waals surface area contributed by atoms with E-state index in [0.29, 0.717) is 0 Å². The smallest absolute Gasteiger partial charge is 0.119 e. The van der Waals surface area contributed by atoms with Crippen LogP contribution in [0.15, 0.2) is 42.5 Å². The SMILES string of the molecule is COc1cccc([C@H](C)NCc2cccc(C)n2)c1. The lowest BCUT2D eigenvalue weighted by atomic mass is 10.1. The van der Waals surface area contributed by atoms with E-state index >= 15 is 0 Å². The summed E-state index contributed by atoms with van der Waals surface area (Å²) in [4.78, 5) is 4.49. The van der Waals surface area contributed by atoms with Crippen molar-refractivity contribution >= 4 is 0 Å². The molecule has 0 bridgehead atoms. The number of pyridine rings is 1. The molecular formula is C16H20N2O. The first kappa shape index (κ1) is 13.6. The number of rotatable bonds is 5. The Hall–Kier alpha value is -1.87. The van der Waals surface area contributed by atoms with E-state index in [-0.39, 0.29) is 6.04 Å². The molecule has 2 aromatic rings. The quantitative estimate of drug-likeness (QED) is 0.891. The van der Waals surface area contributed by atoms with E-state index in [1.54, 1.807) is 7.11 Å². The van der Waals surface area contributed by atoms with Crippen LogP contribution in [0.1, 0.15) is 29.9 Å². The zero-order valence-electron chi connectivity index (χ0n) is 11.7. The van der Waals surface area contributed by atoms with E-state index in [1.165, 1.54) is 5.56 Å². The minimum Gasteiger partial charge on any atom is -0.497 e. The van der Waals surface area contributed by atoms with Gasteiger partial charge in [-0.3, -0.25) is 4.98 Å². The third-order valence-corrected chi connectivity index (χ3v) is 3.13. The number of aryl methyl sites for hydroxylation is 1. The summed E-state index contributed by atoms with van der Waals surface area (Å²) in [7, 11) is 1.69. The van der Waals surface area contributed by atoms with Gasteiger partial charge in [0, 0.05) is 18.3 Å². The second-order valence-electron chi connectivity index (χ2n) is 4.65. The predicted octanol–water partition coefficient (Wildman–Crippen LogP) is 3.25. The van der Waals surface area contributed by atoms with Crippen molar-refractivity contribution in [2.45, 2.75) is 26.4 Å². The average molecular weight is 256 g/mol. The summed E-state index contributed by atoms with van der Waals surface area (Å²) in [5, 5.41) is 3.48. The van der Waals surface area contributed by atoms with Gasteiger partial charge in [-0.1, -0.05) is 18.2 Å². The van der Waals surface area contributed by atoms with Crippen molar-refractivity contribution in [3.05, 3.63) is 59.4 Å². The first-order valence-electron chi connectivity index (χ1n) is 6.49. The fourth-order valence-electron chi connectivity index (χ4n) is 1.98. The fraction of sp³-hybridized carbons (Fsp3) is 0.312. The number of nitrogens with zero attached hydrogens (tertiary/aromatic N) is 1. The van der Waals surface area contributed by atoms with Crippen LogP contribution in [0, 0.1) is 6.92 Å². The van der Waals surface area contributed by atoms with E-state index < -0.39 is 0 Å². The molecule has 19 heavy (non-hydrogen) atoms. The standard InChI is InChI=1S/C16H20N2O/c1-12-6-4-8-15(18-12)11-17-13(2)14-7-5-9-16(10-14)19-3/h4-10,13,17H,11H2,1-3H3/t13-/m0/s1. The molecule has 2 rings (SSSR count). The maximum atomic E-state index is 5.24. The van der Waals surface area contributed by atoms with Crippen LogP contribution < -0.4 is 10.1 Å². The van der Waals surface area contributed by atoms with Gasteiger partial charge in [-0.2, -0.15) is 0 Å². The van der Waals surface area contributed by atoms with Gasteiger partial charge in [0.15, 0.2) is 0 Å². The number of methoxy groups -OCH3 is 1.